The second kappa shape index (κ2) is 4.06. The summed E-state index contributed by atoms with van der Waals surface area (Å²) in [4.78, 5) is 14.0. The summed E-state index contributed by atoms with van der Waals surface area (Å²) in [6.07, 6.45) is -1.15. The van der Waals surface area contributed by atoms with Crippen LogP contribution in [0.3, 0.4) is 0 Å². The Labute approximate surface area is 75.2 Å². The normalized spacial score (nSPS) is 17.2. The number of carboxylic acids is 1. The number of rotatable bonds is 4. The zero-order valence-electron chi connectivity index (χ0n) is 7.27. The Kier molecular flexibility index (Phi) is 3.64. The number of hydrogen-bond acceptors (Lipinski definition) is 4. The Morgan fingerprint density at radius 1 is 1.62 bits per heavy atom. The molecule has 0 rings (SSSR count). The van der Waals surface area contributed by atoms with E-state index in [2.05, 4.69) is 4.99 Å². The number of aliphatic carboxylic acids is 1. The first-order chi connectivity index (χ1) is 5.78. The minimum absolute atomic E-state index is 0.250. The third kappa shape index (κ3) is 3.72. The van der Waals surface area contributed by atoms with Crippen LogP contribution < -0.4 is 17.2 Å². The fourth-order valence-corrected chi connectivity index (χ4v) is 0.862. The number of nitrogens with two attached hydrogens (primary N) is 3. The predicted octanol–water partition coefficient (Wildman–Crippen LogP) is -2.23. The van der Waals surface area contributed by atoms with Gasteiger partial charge in [0.05, 0.1) is 6.10 Å². The molecule has 2 atom stereocenters. The summed E-state index contributed by atoms with van der Waals surface area (Å²) < 4.78 is 0. The lowest BCUT2D eigenvalue weighted by Gasteiger charge is -2.21. The molecule has 0 aromatic rings. The molecule has 0 aromatic carbocycles. The molecule has 7 nitrogen and oxygen atoms in total. The van der Waals surface area contributed by atoms with Crippen molar-refractivity contribution in [1.29, 1.82) is 0 Å². The molecule has 0 aromatic heterocycles. The zero-order chi connectivity index (χ0) is 10.6. The number of aliphatic imine (C=N–C) groups is 1. The molecule has 0 amide bonds. The van der Waals surface area contributed by atoms with E-state index in [4.69, 9.17) is 27.4 Å². The van der Waals surface area contributed by atoms with Crippen molar-refractivity contribution in [3.63, 3.8) is 0 Å². The van der Waals surface area contributed by atoms with E-state index in [1.807, 2.05) is 0 Å². The highest BCUT2D eigenvalue weighted by Gasteiger charge is 2.35. The Morgan fingerprint density at radius 2 is 2.08 bits per heavy atom. The van der Waals surface area contributed by atoms with Gasteiger partial charge >= 0.3 is 5.97 Å². The van der Waals surface area contributed by atoms with Crippen LogP contribution in [0.25, 0.3) is 0 Å². The van der Waals surface area contributed by atoms with Gasteiger partial charge in [-0.15, -0.1) is 0 Å². The van der Waals surface area contributed by atoms with E-state index in [0.29, 0.717) is 0 Å². The molecule has 8 N–H and O–H groups in total. The van der Waals surface area contributed by atoms with Crippen LogP contribution in [0.15, 0.2) is 4.99 Å². The summed E-state index contributed by atoms with van der Waals surface area (Å²) in [5.41, 5.74) is 13.4. The van der Waals surface area contributed by atoms with Gasteiger partial charge in [-0.3, -0.25) is 5.73 Å². The number of aliphatic hydroxyl groups excluding tert-OH is 1. The molecule has 0 heterocycles. The van der Waals surface area contributed by atoms with Crippen LogP contribution >= 0.6 is 0 Å². The molecule has 0 aliphatic heterocycles. The molecule has 0 bridgehead atoms. The molecular formula is C6H14N4O3. The Bertz CT molecular complexity index is 224. The monoisotopic (exact) mass is 190 g/mol. The quantitative estimate of drug-likeness (QED) is 0.250. The molecule has 13 heavy (non-hydrogen) atoms. The van der Waals surface area contributed by atoms with Crippen LogP contribution in [0.4, 0.5) is 0 Å². The third-order valence-corrected chi connectivity index (χ3v) is 1.31. The maximum atomic E-state index is 10.6. The lowest BCUT2D eigenvalue weighted by molar-refractivity contribution is -0.144. The summed E-state index contributed by atoms with van der Waals surface area (Å²) in [5, 5.41) is 17.6. The van der Waals surface area contributed by atoms with Gasteiger partial charge in [0.2, 0.25) is 5.66 Å². The third-order valence-electron chi connectivity index (χ3n) is 1.31. The number of aliphatic hydroxyl groups is 1. The second-order valence-corrected chi connectivity index (χ2v) is 2.82. The van der Waals surface area contributed by atoms with E-state index in [1.165, 1.54) is 6.92 Å². The minimum Gasteiger partial charge on any atom is -0.478 e. The summed E-state index contributed by atoms with van der Waals surface area (Å²) in [6.45, 7) is 1.40. The van der Waals surface area contributed by atoms with Crippen molar-refractivity contribution >= 4 is 11.9 Å². The molecule has 0 saturated heterocycles. The van der Waals surface area contributed by atoms with Gasteiger partial charge in [0.1, 0.15) is 0 Å². The second-order valence-electron chi connectivity index (χ2n) is 2.82. The van der Waals surface area contributed by atoms with E-state index < -0.39 is 23.7 Å². The van der Waals surface area contributed by atoms with Gasteiger partial charge < -0.3 is 21.7 Å². The summed E-state index contributed by atoms with van der Waals surface area (Å²) in [6, 6.07) is 0. The van der Waals surface area contributed by atoms with Crippen molar-refractivity contribution in [2.24, 2.45) is 22.2 Å². The van der Waals surface area contributed by atoms with E-state index in [9.17, 15) is 4.79 Å². The highest BCUT2D eigenvalue weighted by atomic mass is 16.4. The van der Waals surface area contributed by atoms with E-state index >= 15 is 0 Å². The lowest BCUT2D eigenvalue weighted by Crippen LogP contribution is -2.50. The topological polar surface area (TPSA) is 148 Å². The molecule has 0 saturated carbocycles. The van der Waals surface area contributed by atoms with E-state index in [1.54, 1.807) is 0 Å². The van der Waals surface area contributed by atoms with Gasteiger partial charge in [-0.05, 0) is 6.92 Å². The van der Waals surface area contributed by atoms with E-state index in [-0.39, 0.29) is 6.42 Å². The van der Waals surface area contributed by atoms with Crippen LogP contribution in [0.5, 0.6) is 0 Å². The van der Waals surface area contributed by atoms with Crippen molar-refractivity contribution < 1.29 is 15.0 Å². The number of hydrogen-bond donors (Lipinski definition) is 5. The highest BCUT2D eigenvalue weighted by Crippen LogP contribution is 2.11. The number of guanidine groups is 1. The van der Waals surface area contributed by atoms with Crippen LogP contribution in [-0.4, -0.2) is 33.9 Å². The van der Waals surface area contributed by atoms with E-state index in [0.717, 1.165) is 0 Å². The first kappa shape index (κ1) is 11.7. The smallest absolute Gasteiger partial charge is 0.346 e. The van der Waals surface area contributed by atoms with Gasteiger partial charge in [-0.1, -0.05) is 0 Å². The van der Waals surface area contributed by atoms with Crippen molar-refractivity contribution in [3.05, 3.63) is 0 Å². The minimum atomic E-state index is -1.95. The average Bonchev–Trinajstić information content (AvgIpc) is 1.82. The molecule has 0 aliphatic rings. The van der Waals surface area contributed by atoms with Crippen LogP contribution in [0, 0.1) is 0 Å². The van der Waals surface area contributed by atoms with Crippen LogP contribution in [-0.2, 0) is 4.79 Å². The van der Waals surface area contributed by atoms with Crippen LogP contribution in [0.1, 0.15) is 13.3 Å². The Morgan fingerprint density at radius 3 is 2.31 bits per heavy atom. The van der Waals surface area contributed by atoms with Crippen LogP contribution in [0.2, 0.25) is 0 Å². The van der Waals surface area contributed by atoms with Gasteiger partial charge in [-0.25, -0.2) is 9.79 Å². The van der Waals surface area contributed by atoms with Crippen molar-refractivity contribution in [1.82, 2.24) is 0 Å². The molecule has 76 valence electrons. The molecular weight excluding hydrogens is 176 g/mol. The fraction of sp³-hybridized carbons (Fsp3) is 0.667. The lowest BCUT2D eigenvalue weighted by atomic mass is 10.1. The zero-order valence-corrected chi connectivity index (χ0v) is 7.27. The van der Waals surface area contributed by atoms with Crippen molar-refractivity contribution in [2.75, 3.05) is 0 Å². The van der Waals surface area contributed by atoms with Crippen molar-refractivity contribution in [2.45, 2.75) is 25.1 Å². The summed E-state index contributed by atoms with van der Waals surface area (Å²) >= 11 is 0. The first-order valence-corrected chi connectivity index (χ1v) is 3.59. The van der Waals surface area contributed by atoms with Gasteiger partial charge in [0, 0.05) is 6.42 Å². The molecule has 0 radical (unpaired) electrons. The predicted molar refractivity (Wildman–Crippen MR) is 46.7 cm³/mol. The SMILES string of the molecule is CC(O)CC(N)(N=C(N)N)C(=O)O. The fourth-order valence-electron chi connectivity index (χ4n) is 0.862. The van der Waals surface area contributed by atoms with Gasteiger partial charge in [0.15, 0.2) is 5.96 Å². The van der Waals surface area contributed by atoms with Crippen molar-refractivity contribution in [3.8, 4) is 0 Å². The first-order valence-electron chi connectivity index (χ1n) is 3.59. The molecule has 7 heteroatoms. The average molecular weight is 190 g/mol. The molecule has 2 unspecified atom stereocenters. The van der Waals surface area contributed by atoms with Gasteiger partial charge in [-0.2, -0.15) is 0 Å². The molecule has 0 fully saturated rings. The number of carboxylic acid groups (broad SMARTS) is 1. The summed E-state index contributed by atoms with van der Waals surface area (Å²) in [5.74, 6) is -1.81. The number of carbonyl (C=O) groups is 1. The summed E-state index contributed by atoms with van der Waals surface area (Å²) in [7, 11) is 0. The highest BCUT2D eigenvalue weighted by molar-refractivity contribution is 5.84. The maximum Gasteiger partial charge on any atom is 0.346 e. The standard InChI is InChI=1S/C6H14N4O3/c1-3(11)2-6(9,4(12)13)10-5(7)8/h3,11H,2,9H2,1H3,(H,12,13)(H4,7,8,10). The van der Waals surface area contributed by atoms with Gasteiger partial charge in [0.25, 0.3) is 0 Å². The number of nitrogens with zero attached hydrogens (tertiary/aromatic N) is 1. The Balaban J connectivity index is 4.74. The maximum absolute atomic E-state index is 10.6. The largest absolute Gasteiger partial charge is 0.478 e. The molecule has 0 spiro atoms. The Hall–Kier alpha value is -1.34. The molecule has 0 aliphatic carbocycles.